The van der Waals surface area contributed by atoms with Crippen LogP contribution in [-0.4, -0.2) is 196 Å². The average Bonchev–Trinajstić information content (AvgIpc) is 1.78. The van der Waals surface area contributed by atoms with Crippen LogP contribution in [0.2, 0.25) is 10.0 Å². The van der Waals surface area contributed by atoms with Gasteiger partial charge in [0.15, 0.2) is 17.4 Å². The third-order valence-electron chi connectivity index (χ3n) is 15.1. The Bertz CT molecular complexity index is 3160. The van der Waals surface area contributed by atoms with Crippen molar-refractivity contribution >= 4 is 75.4 Å². The Labute approximate surface area is 542 Å². The van der Waals surface area contributed by atoms with E-state index >= 15 is 0 Å². The lowest BCUT2D eigenvalue weighted by molar-refractivity contribution is -0.145. The van der Waals surface area contributed by atoms with Gasteiger partial charge in [0, 0.05) is 87.8 Å². The van der Waals surface area contributed by atoms with Gasteiger partial charge in [-0.2, -0.15) is 0 Å². The molecule has 26 heteroatoms. The summed E-state index contributed by atoms with van der Waals surface area (Å²) in [5.41, 5.74) is 9.51. The molecule has 2 aliphatic heterocycles. The highest BCUT2D eigenvalue weighted by Gasteiger charge is 2.38. The second-order valence-electron chi connectivity index (χ2n) is 21.9. The number of aryl methyl sites for hydroxylation is 1. The third-order valence-corrected chi connectivity index (χ3v) is 16.7. The molecule has 0 spiro atoms. The Hall–Kier alpha value is -6.42. The van der Waals surface area contributed by atoms with Gasteiger partial charge in [0.05, 0.1) is 115 Å². The number of nitrogens with one attached hydrogen (secondary N) is 2. The highest BCUT2D eigenvalue weighted by Crippen LogP contribution is 2.43. The number of nitrogens with two attached hydrogens (primary N) is 1. The van der Waals surface area contributed by atoms with Crippen LogP contribution < -0.4 is 30.9 Å². The van der Waals surface area contributed by atoms with Crippen LogP contribution in [0.5, 0.6) is 11.5 Å². The van der Waals surface area contributed by atoms with E-state index in [2.05, 4.69) is 21.6 Å². The molecule has 494 valence electrons. The van der Waals surface area contributed by atoms with Crippen molar-refractivity contribution in [3.63, 3.8) is 0 Å². The molecule has 4 aromatic carbocycles. The van der Waals surface area contributed by atoms with E-state index < -0.39 is 41.3 Å². The van der Waals surface area contributed by atoms with Crippen LogP contribution >= 0.6 is 34.5 Å². The van der Waals surface area contributed by atoms with Gasteiger partial charge < -0.3 is 73.9 Å². The molecule has 91 heavy (non-hydrogen) atoms. The predicted molar refractivity (Wildman–Crippen MR) is 339 cm³/mol. The summed E-state index contributed by atoms with van der Waals surface area (Å²) in [6.07, 6.45) is 2.98. The molecule has 0 radical (unpaired) electrons. The van der Waals surface area contributed by atoms with Crippen molar-refractivity contribution < 1.29 is 75.0 Å². The van der Waals surface area contributed by atoms with E-state index in [0.29, 0.717) is 156 Å². The average molecular weight is 1330 g/mol. The minimum Gasteiger partial charge on any atom is -0.454 e. The van der Waals surface area contributed by atoms with Crippen molar-refractivity contribution in [1.82, 2.24) is 20.4 Å². The lowest BCUT2D eigenvalue weighted by atomic mass is 10.00. The second kappa shape index (κ2) is 37.3. The Morgan fingerprint density at radius 1 is 0.626 bits per heavy atom. The SMILES string of the molecule is N[C@@H](CC(=O)N1CCCN(CC(=O)NCCOCCOCCOCCOCCOCCOCCOCCNC(=O)CCc2cc(Cl)c(Oc3ccsc3C(=O)N3CCN(C4CC4)c4ccccc43)cc2Cl)C(=O)C1Cc1ccccc1)Cc1cc(F)c(F)cc1F. The van der Waals surface area contributed by atoms with Crippen LogP contribution in [0.4, 0.5) is 24.5 Å². The number of fused-ring (bicyclic) bond motifs is 1. The molecule has 3 heterocycles. The Balaban J connectivity index is 0.574. The van der Waals surface area contributed by atoms with E-state index in [0.717, 1.165) is 29.5 Å². The second-order valence-corrected chi connectivity index (χ2v) is 23.6. The number of rotatable bonds is 39. The van der Waals surface area contributed by atoms with Crippen LogP contribution in [0.3, 0.4) is 0 Å². The first kappa shape index (κ1) is 70.4. The molecule has 8 rings (SSSR count). The quantitative estimate of drug-likeness (QED) is 0.0252. The van der Waals surface area contributed by atoms with E-state index in [4.69, 9.17) is 66.8 Å². The fraction of sp³-hybridized carbons (Fsp3) is 0.492. The van der Waals surface area contributed by atoms with Crippen LogP contribution in [0.15, 0.2) is 90.3 Å². The number of hydrogen-bond acceptors (Lipinski definition) is 16. The molecule has 20 nitrogen and oxygen atoms in total. The number of ether oxygens (including phenoxy) is 8. The molecular formula is C65H80Cl2F3N7O13S. The van der Waals surface area contributed by atoms with Gasteiger partial charge in [0.1, 0.15) is 22.5 Å². The molecule has 4 N–H and O–H groups in total. The number of hydrogen-bond donors (Lipinski definition) is 3. The minimum absolute atomic E-state index is 0.134. The van der Waals surface area contributed by atoms with Gasteiger partial charge >= 0.3 is 0 Å². The van der Waals surface area contributed by atoms with Gasteiger partial charge in [-0.15, -0.1) is 11.3 Å². The van der Waals surface area contributed by atoms with Gasteiger partial charge in [0.2, 0.25) is 23.6 Å². The molecule has 0 bridgehead atoms. The summed E-state index contributed by atoms with van der Waals surface area (Å²) in [6, 6.07) is 22.1. The van der Waals surface area contributed by atoms with Crippen LogP contribution in [0.25, 0.3) is 0 Å². The summed E-state index contributed by atoms with van der Waals surface area (Å²) >= 11 is 14.6. The summed E-state index contributed by atoms with van der Waals surface area (Å²) in [5.74, 6) is -4.34. The van der Waals surface area contributed by atoms with Gasteiger partial charge in [-0.25, -0.2) is 13.2 Å². The maximum atomic E-state index is 14.3. The van der Waals surface area contributed by atoms with Gasteiger partial charge in [-0.05, 0) is 84.5 Å². The van der Waals surface area contributed by atoms with Crippen molar-refractivity contribution in [2.24, 2.45) is 5.73 Å². The number of carbonyl (C=O) groups excluding carboxylic acids is 5. The third kappa shape index (κ3) is 22.4. The number of carbonyl (C=O) groups is 5. The van der Waals surface area contributed by atoms with Crippen LogP contribution in [0, 0.1) is 17.5 Å². The van der Waals surface area contributed by atoms with Crippen molar-refractivity contribution in [3.05, 3.63) is 139 Å². The van der Waals surface area contributed by atoms with Crippen molar-refractivity contribution in [2.45, 2.75) is 69.5 Å². The van der Waals surface area contributed by atoms with Crippen molar-refractivity contribution in [1.29, 1.82) is 0 Å². The topological polar surface area (TPSA) is 222 Å². The van der Waals surface area contributed by atoms with E-state index in [1.807, 2.05) is 58.8 Å². The first-order valence-electron chi connectivity index (χ1n) is 30.7. The lowest BCUT2D eigenvalue weighted by Gasteiger charge is -2.37. The summed E-state index contributed by atoms with van der Waals surface area (Å²) in [5, 5.41) is 8.15. The number of thiophene rings is 1. The molecule has 1 unspecified atom stereocenters. The van der Waals surface area contributed by atoms with Gasteiger partial charge in [-0.1, -0.05) is 65.7 Å². The zero-order valence-corrected chi connectivity index (χ0v) is 53.2. The standard InChI is InChI=1S/C65H80Cl2F3N7O13S/c66-50-42-59(90-58-15-36-91-63(58)65(82)77-21-20-75(49-12-13-49)55-9-4-5-10-56(55)77)51(67)39-46(50)11-14-60(78)72-16-22-83-24-26-85-28-30-87-32-34-89-35-33-88-31-29-86-27-25-84-23-17-73-61(79)44-74-18-6-19-76(57(64(74)81)37-45-7-2-1-3-8-45)62(80)41-48(71)38-47-40-53(69)54(70)43-52(47)68/h1-5,7-10,15,36,39-40,42-43,48-49,57H,6,11-14,16-35,37-38,41,44,71H2,(H,72,78)(H,73,79)/t48-,57?/m1/s1. The zero-order valence-electron chi connectivity index (χ0n) is 50.9. The lowest BCUT2D eigenvalue weighted by Crippen LogP contribution is -2.52. The maximum Gasteiger partial charge on any atom is 0.272 e. The first-order valence-corrected chi connectivity index (χ1v) is 32.4. The molecule has 1 aliphatic carbocycles. The summed E-state index contributed by atoms with van der Waals surface area (Å²) in [4.78, 5) is 74.8. The minimum atomic E-state index is -1.33. The summed E-state index contributed by atoms with van der Waals surface area (Å²) in [6.45, 7) is 7.05. The molecule has 2 atom stereocenters. The van der Waals surface area contributed by atoms with Crippen molar-refractivity contribution in [3.8, 4) is 11.5 Å². The Kier molecular flexibility index (Phi) is 28.9. The molecule has 1 aromatic heterocycles. The van der Waals surface area contributed by atoms with Crippen LogP contribution in [-0.2, 0) is 71.6 Å². The highest BCUT2D eigenvalue weighted by molar-refractivity contribution is 7.12. The highest BCUT2D eigenvalue weighted by atomic mass is 35.5. The first-order chi connectivity index (χ1) is 44.2. The van der Waals surface area contributed by atoms with E-state index in [1.54, 1.807) is 18.2 Å². The number of para-hydroxylation sites is 2. The summed E-state index contributed by atoms with van der Waals surface area (Å²) in [7, 11) is 0. The van der Waals surface area contributed by atoms with E-state index in [-0.39, 0.29) is 81.8 Å². The zero-order chi connectivity index (χ0) is 64.3. The summed E-state index contributed by atoms with van der Waals surface area (Å²) < 4.78 is 86.8. The molecule has 1 saturated heterocycles. The smallest absolute Gasteiger partial charge is 0.272 e. The van der Waals surface area contributed by atoms with E-state index in [9.17, 15) is 37.1 Å². The molecule has 1 saturated carbocycles. The number of nitrogens with zero attached hydrogens (tertiary/aromatic N) is 4. The number of benzene rings is 4. The molecular weight excluding hydrogens is 1250 g/mol. The fourth-order valence-electron chi connectivity index (χ4n) is 10.4. The largest absolute Gasteiger partial charge is 0.454 e. The normalized spacial score (nSPS) is 15.4. The molecule has 3 aliphatic rings. The van der Waals surface area contributed by atoms with Gasteiger partial charge in [0.25, 0.3) is 5.91 Å². The fourth-order valence-corrected chi connectivity index (χ4v) is 11.7. The van der Waals surface area contributed by atoms with Crippen LogP contribution in [0.1, 0.15) is 58.5 Å². The Morgan fingerprint density at radius 3 is 1.84 bits per heavy atom. The van der Waals surface area contributed by atoms with Gasteiger partial charge in [-0.3, -0.25) is 24.0 Å². The molecule has 5 amide bonds. The molecule has 5 aromatic rings. The maximum absolute atomic E-state index is 14.3. The van der Waals surface area contributed by atoms with E-state index in [1.165, 1.54) is 34.0 Å². The monoisotopic (exact) mass is 1330 g/mol. The number of anilines is 2. The van der Waals surface area contributed by atoms with Crippen molar-refractivity contribution in [2.75, 3.05) is 148 Å². The predicted octanol–water partition coefficient (Wildman–Crippen LogP) is 7.81. The number of halogens is 5. The molecule has 2 fully saturated rings. The number of amides is 5. The Morgan fingerprint density at radius 2 is 1.21 bits per heavy atom.